The van der Waals surface area contributed by atoms with Crippen molar-refractivity contribution in [1.29, 1.82) is 0 Å². The fourth-order valence-electron chi connectivity index (χ4n) is 2.90. The molecule has 1 fully saturated rings. The summed E-state index contributed by atoms with van der Waals surface area (Å²) in [5, 5.41) is 0. The number of nitrogens with two attached hydrogens (primary N) is 1. The van der Waals surface area contributed by atoms with E-state index in [9.17, 15) is 9.59 Å². The van der Waals surface area contributed by atoms with Crippen LogP contribution < -0.4 is 5.73 Å². The summed E-state index contributed by atoms with van der Waals surface area (Å²) in [4.78, 5) is 25.8. The Bertz CT molecular complexity index is 325. The predicted molar refractivity (Wildman–Crippen MR) is 82.6 cm³/mol. The van der Waals surface area contributed by atoms with Gasteiger partial charge in [0.25, 0.3) is 0 Å². The number of carbonyl (C=O) groups excluding carboxylic acids is 2. The van der Waals surface area contributed by atoms with E-state index in [1.165, 1.54) is 0 Å². The molecule has 1 amide bonds. The molecule has 5 heteroatoms. The van der Waals surface area contributed by atoms with Crippen molar-refractivity contribution in [2.24, 2.45) is 17.6 Å². The number of esters is 1. The van der Waals surface area contributed by atoms with Gasteiger partial charge in [-0.3, -0.25) is 9.59 Å². The molecule has 0 radical (unpaired) electrons. The summed E-state index contributed by atoms with van der Waals surface area (Å²) in [5.41, 5.74) is 5.58. The molecule has 0 aromatic heterocycles. The summed E-state index contributed by atoms with van der Waals surface area (Å²) in [6.45, 7) is 6.44. The highest BCUT2D eigenvalue weighted by Crippen LogP contribution is 2.21. The third-order valence-corrected chi connectivity index (χ3v) is 4.39. The lowest BCUT2D eigenvalue weighted by Crippen LogP contribution is -2.40. The lowest BCUT2D eigenvalue weighted by atomic mass is 9.94. The quantitative estimate of drug-likeness (QED) is 0.695. The Hall–Kier alpha value is -1.10. The molecule has 122 valence electrons. The predicted octanol–water partition coefficient (Wildman–Crippen LogP) is 1.94. The molecule has 1 aliphatic rings. The molecule has 5 nitrogen and oxygen atoms in total. The van der Waals surface area contributed by atoms with Crippen LogP contribution in [0.15, 0.2) is 0 Å². The van der Waals surface area contributed by atoms with Crippen LogP contribution in [-0.2, 0) is 14.3 Å². The summed E-state index contributed by atoms with van der Waals surface area (Å²) < 4.78 is 5.04. The molecular formula is C16H30N2O3. The molecule has 0 saturated carbocycles. The van der Waals surface area contributed by atoms with Crippen molar-refractivity contribution >= 4 is 11.9 Å². The van der Waals surface area contributed by atoms with Crippen LogP contribution >= 0.6 is 0 Å². The zero-order valence-electron chi connectivity index (χ0n) is 13.5. The molecular weight excluding hydrogens is 268 g/mol. The van der Waals surface area contributed by atoms with Crippen molar-refractivity contribution < 1.29 is 14.3 Å². The molecule has 1 aliphatic heterocycles. The minimum atomic E-state index is -0.112. The summed E-state index contributed by atoms with van der Waals surface area (Å²) in [5.74, 6) is 0.622. The standard InChI is InChI=1S/C16H30N2O3/c1-3-13(7-10-17)5-6-15(19)18-11-8-14(9-12-18)16(20)21-4-2/h13-14H,3-12,17H2,1-2H3. The van der Waals surface area contributed by atoms with Crippen LogP contribution in [0.25, 0.3) is 0 Å². The van der Waals surface area contributed by atoms with E-state index in [-0.39, 0.29) is 17.8 Å². The molecule has 0 aliphatic carbocycles. The van der Waals surface area contributed by atoms with E-state index in [1.807, 2.05) is 11.8 Å². The van der Waals surface area contributed by atoms with E-state index in [2.05, 4.69) is 6.92 Å². The van der Waals surface area contributed by atoms with Crippen LogP contribution in [0, 0.1) is 11.8 Å². The number of rotatable bonds is 8. The first-order valence-corrected chi connectivity index (χ1v) is 8.26. The highest BCUT2D eigenvalue weighted by Gasteiger charge is 2.28. The van der Waals surface area contributed by atoms with E-state index in [4.69, 9.17) is 10.5 Å². The number of likely N-dealkylation sites (tertiary alicyclic amines) is 1. The highest BCUT2D eigenvalue weighted by atomic mass is 16.5. The zero-order chi connectivity index (χ0) is 15.7. The van der Waals surface area contributed by atoms with Gasteiger partial charge in [0.05, 0.1) is 12.5 Å². The van der Waals surface area contributed by atoms with Gasteiger partial charge in [0.15, 0.2) is 0 Å². The topological polar surface area (TPSA) is 72.6 Å². The van der Waals surface area contributed by atoms with Crippen LogP contribution in [0.3, 0.4) is 0 Å². The fourth-order valence-corrected chi connectivity index (χ4v) is 2.90. The SMILES string of the molecule is CCOC(=O)C1CCN(C(=O)CCC(CC)CCN)CC1. The number of amides is 1. The monoisotopic (exact) mass is 298 g/mol. The molecule has 21 heavy (non-hydrogen) atoms. The molecule has 0 aromatic rings. The Labute approximate surface area is 128 Å². The van der Waals surface area contributed by atoms with Gasteiger partial charge in [-0.1, -0.05) is 13.3 Å². The Morgan fingerprint density at radius 3 is 2.43 bits per heavy atom. The van der Waals surface area contributed by atoms with Gasteiger partial charge < -0.3 is 15.4 Å². The number of hydrogen-bond acceptors (Lipinski definition) is 4. The Morgan fingerprint density at radius 1 is 1.24 bits per heavy atom. The van der Waals surface area contributed by atoms with Crippen LogP contribution in [0.2, 0.25) is 0 Å². The Balaban J connectivity index is 2.30. The van der Waals surface area contributed by atoms with Crippen LogP contribution in [0.1, 0.15) is 52.4 Å². The summed E-state index contributed by atoms with van der Waals surface area (Å²) >= 11 is 0. The lowest BCUT2D eigenvalue weighted by Gasteiger charge is -2.31. The minimum Gasteiger partial charge on any atom is -0.466 e. The molecule has 0 aromatic carbocycles. The lowest BCUT2D eigenvalue weighted by molar-refractivity contribution is -0.151. The van der Waals surface area contributed by atoms with Gasteiger partial charge in [-0.2, -0.15) is 0 Å². The maximum Gasteiger partial charge on any atom is 0.309 e. The number of carbonyl (C=O) groups is 2. The van der Waals surface area contributed by atoms with Crippen molar-refractivity contribution in [3.63, 3.8) is 0 Å². The summed E-state index contributed by atoms with van der Waals surface area (Å²) in [6, 6.07) is 0. The van der Waals surface area contributed by atoms with E-state index < -0.39 is 0 Å². The van der Waals surface area contributed by atoms with Crippen molar-refractivity contribution in [3.05, 3.63) is 0 Å². The van der Waals surface area contributed by atoms with Crippen molar-refractivity contribution in [2.75, 3.05) is 26.2 Å². The maximum absolute atomic E-state index is 12.2. The molecule has 1 unspecified atom stereocenters. The van der Waals surface area contributed by atoms with Crippen molar-refractivity contribution in [2.45, 2.75) is 52.4 Å². The second-order valence-corrected chi connectivity index (χ2v) is 5.80. The molecule has 1 saturated heterocycles. The fraction of sp³-hybridized carbons (Fsp3) is 0.875. The average Bonchev–Trinajstić information content (AvgIpc) is 2.51. The third kappa shape index (κ3) is 6.04. The molecule has 0 bridgehead atoms. The first-order chi connectivity index (χ1) is 10.1. The number of ether oxygens (including phenoxy) is 1. The number of piperidine rings is 1. The first kappa shape index (κ1) is 18.0. The van der Waals surface area contributed by atoms with E-state index >= 15 is 0 Å². The zero-order valence-corrected chi connectivity index (χ0v) is 13.5. The van der Waals surface area contributed by atoms with Gasteiger partial charge in [0, 0.05) is 19.5 Å². The highest BCUT2D eigenvalue weighted by molar-refractivity contribution is 5.77. The first-order valence-electron chi connectivity index (χ1n) is 8.26. The second kappa shape index (κ2) is 9.77. The summed E-state index contributed by atoms with van der Waals surface area (Å²) in [7, 11) is 0. The third-order valence-electron chi connectivity index (χ3n) is 4.39. The average molecular weight is 298 g/mol. The van der Waals surface area contributed by atoms with Gasteiger partial charge in [-0.15, -0.1) is 0 Å². The van der Waals surface area contributed by atoms with E-state index in [0.717, 1.165) is 32.1 Å². The Morgan fingerprint density at radius 2 is 1.90 bits per heavy atom. The molecule has 2 N–H and O–H groups in total. The van der Waals surface area contributed by atoms with Crippen LogP contribution in [-0.4, -0.2) is 43.0 Å². The van der Waals surface area contributed by atoms with Gasteiger partial charge >= 0.3 is 5.97 Å². The van der Waals surface area contributed by atoms with Gasteiger partial charge in [-0.25, -0.2) is 0 Å². The molecule has 0 spiro atoms. The summed E-state index contributed by atoms with van der Waals surface area (Å²) in [6.07, 6.45) is 5.05. The largest absolute Gasteiger partial charge is 0.466 e. The maximum atomic E-state index is 12.2. The smallest absolute Gasteiger partial charge is 0.309 e. The minimum absolute atomic E-state index is 0.0327. The van der Waals surface area contributed by atoms with Crippen LogP contribution in [0.4, 0.5) is 0 Å². The van der Waals surface area contributed by atoms with Crippen molar-refractivity contribution in [3.8, 4) is 0 Å². The van der Waals surface area contributed by atoms with Crippen LogP contribution in [0.5, 0.6) is 0 Å². The molecule has 1 atom stereocenters. The molecule has 1 heterocycles. The van der Waals surface area contributed by atoms with Crippen molar-refractivity contribution in [1.82, 2.24) is 4.90 Å². The number of nitrogens with zero attached hydrogens (tertiary/aromatic N) is 1. The Kier molecular flexibility index (Phi) is 8.35. The normalized spacial score (nSPS) is 17.6. The van der Waals surface area contributed by atoms with Gasteiger partial charge in [0.2, 0.25) is 5.91 Å². The van der Waals surface area contributed by atoms with Gasteiger partial charge in [-0.05, 0) is 45.1 Å². The molecule has 1 rings (SSSR count). The van der Waals surface area contributed by atoms with E-state index in [0.29, 0.717) is 38.6 Å². The van der Waals surface area contributed by atoms with E-state index in [1.54, 1.807) is 0 Å². The van der Waals surface area contributed by atoms with Gasteiger partial charge in [0.1, 0.15) is 0 Å². The number of hydrogen-bond donors (Lipinski definition) is 1. The second-order valence-electron chi connectivity index (χ2n) is 5.80.